The molecule has 2 amide bonds. The van der Waals surface area contributed by atoms with Crippen LogP contribution in [-0.2, 0) is 0 Å². The predicted molar refractivity (Wildman–Crippen MR) is 104 cm³/mol. The largest absolute Gasteiger partial charge is 0.446 e. The summed E-state index contributed by atoms with van der Waals surface area (Å²) in [6, 6.07) is 2.93. The quantitative estimate of drug-likeness (QED) is 0.586. The molecule has 0 aromatic carbocycles. The Hall–Kier alpha value is -2.44. The number of amides is 2. The average Bonchev–Trinajstić information content (AvgIpc) is 3.20. The lowest BCUT2D eigenvalue weighted by atomic mass is 9.90. The van der Waals surface area contributed by atoms with Gasteiger partial charge in [-0.15, -0.1) is 0 Å². The van der Waals surface area contributed by atoms with Crippen LogP contribution in [0.5, 0.6) is 0 Å². The van der Waals surface area contributed by atoms with Gasteiger partial charge in [-0.05, 0) is 49.7 Å². The van der Waals surface area contributed by atoms with Gasteiger partial charge in [-0.1, -0.05) is 38.5 Å². The van der Waals surface area contributed by atoms with Crippen molar-refractivity contribution in [1.29, 1.82) is 0 Å². The van der Waals surface area contributed by atoms with Crippen LogP contribution >= 0.6 is 0 Å². The molecule has 2 aliphatic carbocycles. The summed E-state index contributed by atoms with van der Waals surface area (Å²) in [6.45, 7) is 0. The van der Waals surface area contributed by atoms with Gasteiger partial charge in [0.25, 0.3) is 0 Å². The summed E-state index contributed by atoms with van der Waals surface area (Å²) in [5.41, 5.74) is 4.92. The van der Waals surface area contributed by atoms with Gasteiger partial charge in [0.15, 0.2) is 11.5 Å². The third-order valence-electron chi connectivity index (χ3n) is 5.26. The first-order valence-corrected chi connectivity index (χ1v) is 9.99. The molecule has 0 unspecified atom stereocenters. The summed E-state index contributed by atoms with van der Waals surface area (Å²) in [4.78, 5) is 24.1. The summed E-state index contributed by atoms with van der Waals surface area (Å²) in [5.74, 6) is 0.0334. The molecule has 146 valence electrons. The van der Waals surface area contributed by atoms with Crippen molar-refractivity contribution >= 4 is 24.2 Å². The van der Waals surface area contributed by atoms with Gasteiger partial charge in [0.05, 0.1) is 0 Å². The molecule has 2 N–H and O–H groups in total. The van der Waals surface area contributed by atoms with Crippen molar-refractivity contribution < 1.29 is 14.0 Å². The van der Waals surface area contributed by atoms with E-state index in [9.17, 15) is 9.59 Å². The fourth-order valence-corrected chi connectivity index (χ4v) is 3.66. The van der Waals surface area contributed by atoms with Crippen LogP contribution in [0.25, 0.3) is 0 Å². The number of nitrogens with zero attached hydrogens (tertiary/aromatic N) is 2. The van der Waals surface area contributed by atoms with Crippen LogP contribution in [0, 0.1) is 11.8 Å². The van der Waals surface area contributed by atoms with E-state index in [1.54, 1.807) is 12.4 Å². The van der Waals surface area contributed by atoms with E-state index in [1.807, 2.05) is 0 Å². The monoisotopic (exact) mass is 372 g/mol. The molecule has 27 heavy (non-hydrogen) atoms. The Morgan fingerprint density at radius 2 is 1.19 bits per heavy atom. The molecule has 0 atom stereocenters. The van der Waals surface area contributed by atoms with Gasteiger partial charge in [0, 0.05) is 12.4 Å². The lowest BCUT2D eigenvalue weighted by molar-refractivity contribution is 0.0902. The molecule has 1 aromatic rings. The van der Waals surface area contributed by atoms with E-state index in [-0.39, 0.29) is 11.5 Å². The minimum absolute atomic E-state index is 0.0530. The second-order valence-electron chi connectivity index (χ2n) is 7.40. The molecule has 0 radical (unpaired) electrons. The second-order valence-corrected chi connectivity index (χ2v) is 7.40. The molecule has 2 fully saturated rings. The van der Waals surface area contributed by atoms with Gasteiger partial charge in [0.1, 0.15) is 0 Å². The van der Waals surface area contributed by atoms with Crippen molar-refractivity contribution in [3.05, 3.63) is 23.7 Å². The average molecular weight is 372 g/mol. The van der Waals surface area contributed by atoms with Crippen molar-refractivity contribution in [2.24, 2.45) is 22.0 Å². The fourth-order valence-electron chi connectivity index (χ4n) is 3.66. The van der Waals surface area contributed by atoms with Gasteiger partial charge in [-0.2, -0.15) is 10.2 Å². The molecule has 2 aliphatic rings. The number of hydrogen-bond acceptors (Lipinski definition) is 5. The minimum atomic E-state index is -0.466. The van der Waals surface area contributed by atoms with E-state index in [0.29, 0.717) is 11.8 Å². The highest BCUT2D eigenvalue weighted by Gasteiger charge is 2.16. The number of hydrazone groups is 2. The summed E-state index contributed by atoms with van der Waals surface area (Å²) < 4.78 is 5.32. The summed E-state index contributed by atoms with van der Waals surface area (Å²) in [5, 5.41) is 8.04. The number of carbonyl (C=O) groups is 2. The van der Waals surface area contributed by atoms with Crippen LogP contribution in [0.4, 0.5) is 0 Å². The zero-order valence-electron chi connectivity index (χ0n) is 15.7. The molecule has 0 spiro atoms. The van der Waals surface area contributed by atoms with Gasteiger partial charge in [-0.25, -0.2) is 10.9 Å². The first kappa shape index (κ1) is 19.3. The van der Waals surface area contributed by atoms with E-state index in [2.05, 4.69) is 21.1 Å². The Balaban J connectivity index is 1.44. The lowest BCUT2D eigenvalue weighted by Crippen LogP contribution is -2.20. The Bertz CT molecular complexity index is 627. The zero-order chi connectivity index (χ0) is 18.9. The van der Waals surface area contributed by atoms with Gasteiger partial charge in [0.2, 0.25) is 0 Å². The molecular weight excluding hydrogens is 344 g/mol. The minimum Gasteiger partial charge on any atom is -0.446 e. The predicted octanol–water partition coefficient (Wildman–Crippen LogP) is 3.87. The summed E-state index contributed by atoms with van der Waals surface area (Å²) in [6.07, 6.45) is 15.5. The van der Waals surface area contributed by atoms with E-state index < -0.39 is 11.8 Å². The van der Waals surface area contributed by atoms with Gasteiger partial charge < -0.3 is 4.42 Å². The van der Waals surface area contributed by atoms with Crippen LogP contribution in [0.1, 0.15) is 85.3 Å². The number of furan rings is 1. The maximum atomic E-state index is 12.1. The Morgan fingerprint density at radius 3 is 1.59 bits per heavy atom. The van der Waals surface area contributed by atoms with Crippen LogP contribution < -0.4 is 10.9 Å². The molecule has 0 saturated heterocycles. The summed E-state index contributed by atoms with van der Waals surface area (Å²) >= 11 is 0. The van der Waals surface area contributed by atoms with Crippen molar-refractivity contribution in [1.82, 2.24) is 10.9 Å². The molecular formula is C20H28N4O3. The molecule has 0 aliphatic heterocycles. The normalized spacial score (nSPS) is 19.6. The zero-order valence-corrected chi connectivity index (χ0v) is 15.7. The lowest BCUT2D eigenvalue weighted by Gasteiger charge is -2.16. The SMILES string of the molecule is O=C(N/N=C/C1CCCCC1)c1ccc(C(=O)N/N=C/C2CCCCC2)o1. The van der Waals surface area contributed by atoms with E-state index in [1.165, 1.54) is 50.7 Å². The Kier molecular flexibility index (Phi) is 7.19. The number of carbonyl (C=O) groups excluding carboxylic acids is 2. The van der Waals surface area contributed by atoms with E-state index >= 15 is 0 Å². The van der Waals surface area contributed by atoms with Crippen LogP contribution in [0.15, 0.2) is 26.8 Å². The maximum Gasteiger partial charge on any atom is 0.307 e. The number of hydrogen-bond donors (Lipinski definition) is 2. The first-order chi connectivity index (χ1) is 13.2. The van der Waals surface area contributed by atoms with E-state index in [4.69, 9.17) is 4.42 Å². The molecule has 7 nitrogen and oxygen atoms in total. The molecule has 1 heterocycles. The smallest absolute Gasteiger partial charge is 0.307 e. The third-order valence-corrected chi connectivity index (χ3v) is 5.26. The van der Waals surface area contributed by atoms with E-state index in [0.717, 1.165) is 25.7 Å². The summed E-state index contributed by atoms with van der Waals surface area (Å²) in [7, 11) is 0. The molecule has 7 heteroatoms. The standard InChI is InChI=1S/C20H28N4O3/c25-19(23-21-13-15-7-3-1-4-8-15)17-11-12-18(27-17)20(26)24-22-14-16-9-5-2-6-10-16/h11-16H,1-10H2,(H,23,25)(H,24,26)/b21-13+,22-14+. The van der Waals surface area contributed by atoms with Crippen molar-refractivity contribution in [3.63, 3.8) is 0 Å². The van der Waals surface area contributed by atoms with Gasteiger partial charge >= 0.3 is 11.8 Å². The highest BCUT2D eigenvalue weighted by atomic mass is 16.4. The van der Waals surface area contributed by atoms with Crippen LogP contribution in [0.2, 0.25) is 0 Å². The number of nitrogens with one attached hydrogen (secondary N) is 2. The first-order valence-electron chi connectivity index (χ1n) is 9.99. The topological polar surface area (TPSA) is 96.1 Å². The van der Waals surface area contributed by atoms with Crippen molar-refractivity contribution in [2.45, 2.75) is 64.2 Å². The Labute approximate surface area is 159 Å². The van der Waals surface area contributed by atoms with Crippen LogP contribution in [0.3, 0.4) is 0 Å². The highest BCUT2D eigenvalue weighted by Crippen LogP contribution is 2.22. The molecule has 1 aromatic heterocycles. The second kappa shape index (κ2) is 10.0. The van der Waals surface area contributed by atoms with Crippen molar-refractivity contribution in [2.75, 3.05) is 0 Å². The van der Waals surface area contributed by atoms with Crippen molar-refractivity contribution in [3.8, 4) is 0 Å². The van der Waals surface area contributed by atoms with Gasteiger partial charge in [-0.3, -0.25) is 9.59 Å². The fraction of sp³-hybridized carbons (Fsp3) is 0.600. The maximum absolute atomic E-state index is 12.1. The Morgan fingerprint density at radius 1 is 0.778 bits per heavy atom. The molecule has 2 saturated carbocycles. The third kappa shape index (κ3) is 6.05. The number of rotatable bonds is 6. The molecule has 3 rings (SSSR count). The molecule has 0 bridgehead atoms. The highest BCUT2D eigenvalue weighted by molar-refractivity contribution is 5.95. The van der Waals surface area contributed by atoms with Crippen LogP contribution in [-0.4, -0.2) is 24.2 Å².